The molecule has 0 aromatic rings. The van der Waals surface area contributed by atoms with Crippen molar-refractivity contribution in [1.29, 1.82) is 0 Å². The summed E-state index contributed by atoms with van der Waals surface area (Å²) in [6.45, 7) is 3.31. The van der Waals surface area contributed by atoms with Crippen LogP contribution in [0.25, 0.3) is 0 Å². The predicted octanol–water partition coefficient (Wildman–Crippen LogP) is 1.33. The van der Waals surface area contributed by atoms with Crippen LogP contribution in [-0.2, 0) is 13.8 Å². The third-order valence-electron chi connectivity index (χ3n) is 1.41. The van der Waals surface area contributed by atoms with Gasteiger partial charge in [-0.05, 0) is 0 Å². The highest BCUT2D eigenvalue weighted by atomic mass is 32.7. The minimum Gasteiger partial charge on any atom is -0.358 e. The second-order valence-corrected chi connectivity index (χ2v) is 5.85. The van der Waals surface area contributed by atoms with Gasteiger partial charge >= 0.3 is 0 Å². The number of rotatable bonds is 3. The van der Waals surface area contributed by atoms with Crippen LogP contribution in [0.2, 0.25) is 0 Å². The maximum absolute atomic E-state index is 10.9. The van der Waals surface area contributed by atoms with E-state index in [0.29, 0.717) is 19.0 Å². The molecule has 0 bridgehead atoms. The van der Waals surface area contributed by atoms with Crippen molar-refractivity contribution in [1.82, 2.24) is 5.32 Å². The van der Waals surface area contributed by atoms with E-state index in [1.54, 1.807) is 7.05 Å². The van der Waals surface area contributed by atoms with Crippen molar-refractivity contribution in [3.05, 3.63) is 5.92 Å². The highest BCUT2D eigenvalue weighted by molar-refractivity contribution is 8.53. The summed E-state index contributed by atoms with van der Waals surface area (Å²) in [7, 11) is 0.720. The molecule has 1 aliphatic rings. The van der Waals surface area contributed by atoms with Crippen LogP contribution in [0.5, 0.6) is 0 Å². The number of carbonyl (C=O) groups is 1. The number of hydrogen-bond donors (Lipinski definition) is 1. The van der Waals surface area contributed by atoms with Crippen LogP contribution in [-0.4, -0.2) is 31.9 Å². The quantitative estimate of drug-likeness (QED) is 0.732. The fourth-order valence-corrected chi connectivity index (χ4v) is 3.34. The smallest absolute Gasteiger partial charge is 0.238 e. The van der Waals surface area contributed by atoms with Gasteiger partial charge in [0, 0.05) is 13.0 Å². The van der Waals surface area contributed by atoms with Gasteiger partial charge in [0.2, 0.25) is 13.5 Å². The summed E-state index contributed by atoms with van der Waals surface area (Å²) in [5, 5.41) is 2.55. The predicted molar refractivity (Wildman–Crippen MR) is 54.3 cm³/mol. The molecule has 0 aromatic carbocycles. The Morgan fingerprint density at radius 1 is 1.62 bits per heavy atom. The molecule has 1 radical (unpaired) electrons. The Kier molecular flexibility index (Phi) is 5.02. The minimum absolute atomic E-state index is 0.00553. The summed E-state index contributed by atoms with van der Waals surface area (Å²) >= 11 is 1.43. The lowest BCUT2D eigenvalue weighted by atomic mass is 10.2. The second-order valence-electron chi connectivity index (χ2n) is 2.67. The van der Waals surface area contributed by atoms with E-state index in [9.17, 15) is 4.79 Å². The van der Waals surface area contributed by atoms with Gasteiger partial charge in [0.1, 0.15) is 0 Å². The van der Waals surface area contributed by atoms with Crippen LogP contribution in [0.4, 0.5) is 0 Å². The molecular formula is C7H13NO3PS. The molecule has 0 unspecified atom stereocenters. The van der Waals surface area contributed by atoms with Gasteiger partial charge in [-0.2, -0.15) is 0 Å². The summed E-state index contributed by atoms with van der Waals surface area (Å²) in [6, 6.07) is 0. The normalized spacial score (nSPS) is 20.2. The SMILES string of the molecule is CNC(=O)CSP1OC[C](C)CO1. The fraction of sp³-hybridized carbons (Fsp3) is 0.714. The molecular weight excluding hydrogens is 209 g/mol. The van der Waals surface area contributed by atoms with Crippen molar-refractivity contribution in [3.8, 4) is 0 Å². The molecule has 1 saturated heterocycles. The minimum atomic E-state index is -0.902. The zero-order valence-corrected chi connectivity index (χ0v) is 9.41. The summed E-state index contributed by atoms with van der Waals surface area (Å²) in [6.07, 6.45) is 0. The van der Waals surface area contributed by atoms with Gasteiger partial charge in [0.15, 0.2) is 0 Å². The lowest BCUT2D eigenvalue weighted by Gasteiger charge is -2.24. The van der Waals surface area contributed by atoms with Crippen molar-refractivity contribution in [3.63, 3.8) is 0 Å². The topological polar surface area (TPSA) is 47.6 Å². The molecule has 0 spiro atoms. The second kappa shape index (κ2) is 5.81. The molecule has 0 atom stereocenters. The van der Waals surface area contributed by atoms with Crippen LogP contribution in [0.15, 0.2) is 0 Å². The molecule has 1 N–H and O–H groups in total. The van der Waals surface area contributed by atoms with Gasteiger partial charge in [-0.25, -0.2) is 0 Å². The van der Waals surface area contributed by atoms with Crippen molar-refractivity contribution >= 4 is 24.9 Å². The van der Waals surface area contributed by atoms with Crippen LogP contribution in [0.1, 0.15) is 6.92 Å². The highest BCUT2D eigenvalue weighted by Crippen LogP contribution is 2.54. The number of nitrogens with one attached hydrogen (secondary N) is 1. The molecule has 1 fully saturated rings. The summed E-state index contributed by atoms with van der Waals surface area (Å²) in [5.74, 6) is 1.60. The third kappa shape index (κ3) is 4.27. The average molecular weight is 222 g/mol. The molecule has 0 saturated carbocycles. The number of amides is 1. The highest BCUT2D eigenvalue weighted by Gasteiger charge is 2.21. The first-order valence-electron chi connectivity index (χ1n) is 3.93. The Balaban J connectivity index is 2.12. The maximum atomic E-state index is 10.9. The Bertz CT molecular complexity index is 173. The fourth-order valence-electron chi connectivity index (χ4n) is 0.663. The third-order valence-corrected chi connectivity index (χ3v) is 4.35. The standard InChI is InChI=1S/C7H13NO3PS/c1-6-3-10-12(11-4-6)13-5-7(9)8-2/h3-5H2,1-2H3,(H,8,9). The zero-order valence-electron chi connectivity index (χ0n) is 7.70. The van der Waals surface area contributed by atoms with Crippen molar-refractivity contribution in [2.24, 2.45) is 0 Å². The van der Waals surface area contributed by atoms with Crippen LogP contribution >= 0.6 is 19.0 Å². The Hall–Kier alpha value is 0.170. The van der Waals surface area contributed by atoms with Crippen molar-refractivity contribution < 1.29 is 13.8 Å². The number of hydrogen-bond acceptors (Lipinski definition) is 4. The van der Waals surface area contributed by atoms with Crippen molar-refractivity contribution in [2.45, 2.75) is 6.92 Å². The summed E-state index contributed by atoms with van der Waals surface area (Å²) in [4.78, 5) is 10.9. The molecule has 0 aromatic heterocycles. The van der Waals surface area contributed by atoms with E-state index in [-0.39, 0.29) is 5.91 Å². The first-order valence-corrected chi connectivity index (χ1v) is 6.70. The molecule has 75 valence electrons. The van der Waals surface area contributed by atoms with Crippen molar-refractivity contribution in [2.75, 3.05) is 26.0 Å². The van der Waals surface area contributed by atoms with E-state index in [0.717, 1.165) is 0 Å². The Morgan fingerprint density at radius 3 is 2.77 bits per heavy atom. The van der Waals surface area contributed by atoms with Crippen LogP contribution in [0.3, 0.4) is 0 Å². The number of carbonyl (C=O) groups excluding carboxylic acids is 1. The molecule has 1 amide bonds. The van der Waals surface area contributed by atoms with E-state index in [4.69, 9.17) is 9.05 Å². The van der Waals surface area contributed by atoms with E-state index in [1.165, 1.54) is 17.3 Å². The molecule has 1 rings (SSSR count). The van der Waals surface area contributed by atoms with Gasteiger partial charge in [-0.3, -0.25) is 4.79 Å². The van der Waals surface area contributed by atoms with Gasteiger partial charge in [-0.15, -0.1) is 0 Å². The maximum Gasteiger partial charge on any atom is 0.238 e. The largest absolute Gasteiger partial charge is 0.358 e. The van der Waals surface area contributed by atoms with E-state index < -0.39 is 7.58 Å². The molecule has 1 heterocycles. The lowest BCUT2D eigenvalue weighted by Crippen LogP contribution is -2.20. The van der Waals surface area contributed by atoms with Gasteiger partial charge in [0.25, 0.3) is 0 Å². The Labute approximate surface area is 83.4 Å². The van der Waals surface area contributed by atoms with Gasteiger partial charge < -0.3 is 14.4 Å². The van der Waals surface area contributed by atoms with E-state index >= 15 is 0 Å². The van der Waals surface area contributed by atoms with Crippen LogP contribution in [0, 0.1) is 5.92 Å². The first-order chi connectivity index (χ1) is 6.22. The molecule has 6 heteroatoms. The van der Waals surface area contributed by atoms with E-state index in [1.807, 2.05) is 6.92 Å². The molecule has 4 nitrogen and oxygen atoms in total. The molecule has 1 aliphatic heterocycles. The van der Waals surface area contributed by atoms with Gasteiger partial charge in [-0.1, -0.05) is 18.3 Å². The van der Waals surface area contributed by atoms with Crippen LogP contribution < -0.4 is 5.32 Å². The summed E-state index contributed by atoms with van der Waals surface area (Å²) in [5.41, 5.74) is 0. The average Bonchev–Trinajstić information content (AvgIpc) is 2.16. The molecule has 0 aliphatic carbocycles. The summed E-state index contributed by atoms with van der Waals surface area (Å²) < 4.78 is 10.7. The van der Waals surface area contributed by atoms with Gasteiger partial charge in [0.05, 0.1) is 19.0 Å². The monoisotopic (exact) mass is 222 g/mol. The van der Waals surface area contributed by atoms with E-state index in [2.05, 4.69) is 5.32 Å². The first kappa shape index (κ1) is 11.2. The zero-order chi connectivity index (χ0) is 9.68. The Morgan fingerprint density at radius 2 is 2.23 bits per heavy atom. The lowest BCUT2D eigenvalue weighted by molar-refractivity contribution is -0.118. The molecule has 13 heavy (non-hydrogen) atoms.